The van der Waals surface area contributed by atoms with Gasteiger partial charge in [0.1, 0.15) is 5.76 Å². The normalized spacial score (nSPS) is 13.4. The molecule has 9 heteroatoms. The molecule has 0 bridgehead atoms. The third-order valence-electron chi connectivity index (χ3n) is 2.79. The second-order valence-corrected chi connectivity index (χ2v) is 6.14. The SMILES string of the molecule is CCCC(OS(=O)(=O)C(F)(F)F)=C(Cc1ccccc1)C(=O)O. The van der Waals surface area contributed by atoms with Crippen LogP contribution in [0.25, 0.3) is 0 Å². The van der Waals surface area contributed by atoms with E-state index in [0.29, 0.717) is 5.56 Å². The number of alkyl halides is 3. The molecule has 128 valence electrons. The van der Waals surface area contributed by atoms with E-state index in [1.54, 1.807) is 37.3 Å². The van der Waals surface area contributed by atoms with Gasteiger partial charge in [0.25, 0.3) is 0 Å². The number of carboxylic acid groups (broad SMARTS) is 1. The molecule has 0 heterocycles. The van der Waals surface area contributed by atoms with Crippen LogP contribution in [0.2, 0.25) is 0 Å². The molecule has 0 aliphatic carbocycles. The second kappa shape index (κ2) is 7.49. The van der Waals surface area contributed by atoms with Gasteiger partial charge >= 0.3 is 21.6 Å². The molecule has 1 N–H and O–H groups in total. The van der Waals surface area contributed by atoms with Crippen LogP contribution in [0.1, 0.15) is 25.3 Å². The summed E-state index contributed by atoms with van der Waals surface area (Å²) in [5, 5.41) is 9.22. The van der Waals surface area contributed by atoms with Crippen molar-refractivity contribution in [1.82, 2.24) is 0 Å². The van der Waals surface area contributed by atoms with E-state index in [9.17, 15) is 31.5 Å². The Bertz CT molecular complexity index is 678. The number of hydrogen-bond donors (Lipinski definition) is 1. The molecular weight excluding hydrogens is 337 g/mol. The minimum Gasteiger partial charge on any atom is -0.478 e. The summed E-state index contributed by atoms with van der Waals surface area (Å²) in [5.74, 6) is -2.24. The van der Waals surface area contributed by atoms with Crippen molar-refractivity contribution in [3.8, 4) is 0 Å². The van der Waals surface area contributed by atoms with Crippen molar-refractivity contribution in [2.75, 3.05) is 0 Å². The van der Waals surface area contributed by atoms with Gasteiger partial charge in [0.15, 0.2) is 0 Å². The van der Waals surface area contributed by atoms with Gasteiger partial charge in [0.2, 0.25) is 0 Å². The predicted octanol–water partition coefficient (Wildman–Crippen LogP) is 3.23. The van der Waals surface area contributed by atoms with Crippen molar-refractivity contribution >= 4 is 16.1 Å². The lowest BCUT2D eigenvalue weighted by atomic mass is 10.0. The van der Waals surface area contributed by atoms with E-state index in [-0.39, 0.29) is 19.3 Å². The largest absolute Gasteiger partial charge is 0.534 e. The van der Waals surface area contributed by atoms with E-state index >= 15 is 0 Å². The molecule has 0 atom stereocenters. The van der Waals surface area contributed by atoms with Gasteiger partial charge in [-0.2, -0.15) is 21.6 Å². The Morgan fingerprint density at radius 3 is 2.22 bits per heavy atom. The molecule has 1 aromatic carbocycles. The van der Waals surface area contributed by atoms with Gasteiger partial charge in [-0.3, -0.25) is 0 Å². The van der Waals surface area contributed by atoms with Crippen molar-refractivity contribution in [3.05, 3.63) is 47.2 Å². The van der Waals surface area contributed by atoms with Crippen LogP contribution < -0.4 is 0 Å². The van der Waals surface area contributed by atoms with Gasteiger partial charge in [-0.25, -0.2) is 4.79 Å². The average molecular weight is 352 g/mol. The van der Waals surface area contributed by atoms with Crippen molar-refractivity contribution in [1.29, 1.82) is 0 Å². The summed E-state index contributed by atoms with van der Waals surface area (Å²) in [6, 6.07) is 8.09. The molecule has 0 radical (unpaired) electrons. The molecule has 0 amide bonds. The fourth-order valence-corrected chi connectivity index (χ4v) is 2.29. The Kier molecular flexibility index (Phi) is 6.20. The van der Waals surface area contributed by atoms with E-state index in [0.717, 1.165) is 0 Å². The summed E-state index contributed by atoms with van der Waals surface area (Å²) in [7, 11) is -5.91. The Labute approximate surface area is 131 Å². The smallest absolute Gasteiger partial charge is 0.478 e. The minimum absolute atomic E-state index is 0.217. The second-order valence-electron chi connectivity index (χ2n) is 4.60. The van der Waals surface area contributed by atoms with Crippen LogP contribution >= 0.6 is 0 Å². The van der Waals surface area contributed by atoms with Crippen LogP contribution in [-0.4, -0.2) is 25.0 Å². The van der Waals surface area contributed by atoms with Crippen LogP contribution in [-0.2, 0) is 25.5 Å². The van der Waals surface area contributed by atoms with Crippen molar-refractivity contribution in [2.45, 2.75) is 31.7 Å². The number of carbonyl (C=O) groups is 1. The monoisotopic (exact) mass is 352 g/mol. The first kappa shape index (κ1) is 19.0. The number of hydrogen-bond acceptors (Lipinski definition) is 4. The molecule has 0 aromatic heterocycles. The fraction of sp³-hybridized carbons (Fsp3) is 0.357. The van der Waals surface area contributed by atoms with Gasteiger partial charge in [0, 0.05) is 12.8 Å². The summed E-state index contributed by atoms with van der Waals surface area (Å²) in [5.41, 5.74) is -5.64. The predicted molar refractivity (Wildman–Crippen MR) is 75.8 cm³/mol. The fourth-order valence-electron chi connectivity index (χ4n) is 1.74. The van der Waals surface area contributed by atoms with E-state index in [1.807, 2.05) is 0 Å². The number of rotatable bonds is 7. The average Bonchev–Trinajstić information content (AvgIpc) is 2.43. The van der Waals surface area contributed by atoms with Crippen molar-refractivity contribution in [3.63, 3.8) is 0 Å². The third kappa shape index (κ3) is 5.27. The molecule has 0 aliphatic rings. The molecule has 1 rings (SSSR count). The first-order valence-corrected chi connectivity index (χ1v) is 7.99. The Hall–Kier alpha value is -2.03. The minimum atomic E-state index is -5.91. The number of halogens is 3. The maximum Gasteiger partial charge on any atom is 0.534 e. The summed E-state index contributed by atoms with van der Waals surface area (Å²) < 4.78 is 63.7. The first-order valence-electron chi connectivity index (χ1n) is 6.58. The molecule has 5 nitrogen and oxygen atoms in total. The van der Waals surface area contributed by atoms with E-state index in [1.165, 1.54) is 0 Å². The van der Waals surface area contributed by atoms with E-state index < -0.39 is 32.9 Å². The first-order chi connectivity index (χ1) is 10.6. The summed E-state index contributed by atoms with van der Waals surface area (Å²) >= 11 is 0. The summed E-state index contributed by atoms with van der Waals surface area (Å²) in [6.07, 6.45) is -0.281. The maximum atomic E-state index is 12.4. The molecule has 0 saturated carbocycles. The lowest BCUT2D eigenvalue weighted by Crippen LogP contribution is -2.26. The quantitative estimate of drug-likeness (QED) is 0.353. The topological polar surface area (TPSA) is 80.7 Å². The standard InChI is InChI=1S/C14H15F3O5S/c1-2-6-12(22-23(20,21)14(15,16)17)11(13(18)19)9-10-7-4-3-5-8-10/h3-5,7-8H,2,6,9H2,1H3,(H,18,19). The zero-order chi connectivity index (χ0) is 17.7. The number of benzene rings is 1. The van der Waals surface area contributed by atoms with Crippen LogP contribution in [0.5, 0.6) is 0 Å². The molecule has 1 aromatic rings. The number of carboxylic acids is 1. The van der Waals surface area contributed by atoms with Crippen LogP contribution in [0.15, 0.2) is 41.7 Å². The molecule has 0 saturated heterocycles. The molecular formula is C14H15F3O5S. The molecule has 0 fully saturated rings. The highest BCUT2D eigenvalue weighted by Crippen LogP contribution is 2.29. The van der Waals surface area contributed by atoms with E-state index in [4.69, 9.17) is 0 Å². The highest BCUT2D eigenvalue weighted by Gasteiger charge is 2.49. The van der Waals surface area contributed by atoms with Crippen LogP contribution in [0.3, 0.4) is 0 Å². The van der Waals surface area contributed by atoms with Gasteiger partial charge in [0.05, 0.1) is 5.57 Å². The van der Waals surface area contributed by atoms with Crippen LogP contribution in [0, 0.1) is 0 Å². The molecule has 0 spiro atoms. The zero-order valence-electron chi connectivity index (χ0n) is 12.1. The lowest BCUT2D eigenvalue weighted by molar-refractivity contribution is -0.133. The summed E-state index contributed by atoms with van der Waals surface area (Å²) in [4.78, 5) is 11.3. The highest BCUT2D eigenvalue weighted by atomic mass is 32.2. The highest BCUT2D eigenvalue weighted by molar-refractivity contribution is 7.87. The maximum absolute atomic E-state index is 12.4. The van der Waals surface area contributed by atoms with Crippen molar-refractivity contribution < 1.29 is 35.7 Å². The van der Waals surface area contributed by atoms with Gasteiger partial charge < -0.3 is 9.29 Å². The van der Waals surface area contributed by atoms with Gasteiger partial charge in [-0.15, -0.1) is 0 Å². The van der Waals surface area contributed by atoms with Crippen LogP contribution in [0.4, 0.5) is 13.2 Å². The Balaban J connectivity index is 3.28. The molecule has 0 unspecified atom stereocenters. The number of aliphatic carboxylic acids is 1. The molecule has 0 aliphatic heterocycles. The van der Waals surface area contributed by atoms with Crippen molar-refractivity contribution in [2.24, 2.45) is 0 Å². The summed E-state index contributed by atoms with van der Waals surface area (Å²) in [6.45, 7) is 1.56. The Morgan fingerprint density at radius 1 is 1.22 bits per heavy atom. The Morgan fingerprint density at radius 2 is 1.78 bits per heavy atom. The van der Waals surface area contributed by atoms with E-state index in [2.05, 4.69) is 4.18 Å². The van der Waals surface area contributed by atoms with Gasteiger partial charge in [-0.1, -0.05) is 37.3 Å². The van der Waals surface area contributed by atoms with Gasteiger partial charge in [-0.05, 0) is 12.0 Å². The molecule has 23 heavy (non-hydrogen) atoms. The number of allylic oxidation sites excluding steroid dienone is 1. The third-order valence-corrected chi connectivity index (χ3v) is 3.78. The lowest BCUT2D eigenvalue weighted by Gasteiger charge is -2.15. The zero-order valence-corrected chi connectivity index (χ0v) is 12.9.